The number of fused-ring (bicyclic) bond motifs is 1. The van der Waals surface area contributed by atoms with E-state index in [0.717, 1.165) is 25.0 Å². The molecule has 0 radical (unpaired) electrons. The molecule has 2 heterocycles. The Labute approximate surface area is 156 Å². The zero-order chi connectivity index (χ0) is 19.0. The van der Waals surface area contributed by atoms with Crippen molar-refractivity contribution in [3.63, 3.8) is 0 Å². The number of carbonyl (C=O) groups is 1. The van der Waals surface area contributed by atoms with Gasteiger partial charge in [0.05, 0.1) is 5.92 Å². The number of halogens is 2. The maximum absolute atomic E-state index is 13.1. The lowest BCUT2D eigenvalue weighted by Crippen LogP contribution is -2.21. The van der Waals surface area contributed by atoms with Gasteiger partial charge in [-0.25, -0.2) is 8.78 Å². The standard InChI is InChI=1S/C20H22F2N4O/c1-11(20(27)24-18-10-17(25-26-18)12-6-7-12)15-8-13-4-2-3-5-14(19(21)22)9-16(13)23-15/h3,5,8-13,19H,2,4,6-7H2,1H3,(H2,24,25,26,27)/b5-3-,14-9+/t11-,13?/m0/s1. The summed E-state index contributed by atoms with van der Waals surface area (Å²) >= 11 is 0. The van der Waals surface area contributed by atoms with Crippen LogP contribution in [-0.2, 0) is 4.79 Å². The summed E-state index contributed by atoms with van der Waals surface area (Å²) in [5.74, 6) is 0.328. The summed E-state index contributed by atoms with van der Waals surface area (Å²) < 4.78 is 26.2. The molecule has 7 heteroatoms. The summed E-state index contributed by atoms with van der Waals surface area (Å²) in [7, 11) is 0. The highest BCUT2D eigenvalue weighted by Crippen LogP contribution is 2.39. The quantitative estimate of drug-likeness (QED) is 0.806. The highest BCUT2D eigenvalue weighted by Gasteiger charge is 2.29. The zero-order valence-electron chi connectivity index (χ0n) is 15.1. The molecule has 1 amide bonds. The zero-order valence-corrected chi connectivity index (χ0v) is 15.1. The molecule has 0 spiro atoms. The first-order chi connectivity index (χ1) is 13.0. The number of allylic oxidation sites excluding steroid dienone is 5. The summed E-state index contributed by atoms with van der Waals surface area (Å²) in [6, 6.07) is 1.87. The van der Waals surface area contributed by atoms with E-state index in [1.165, 1.54) is 12.2 Å². The minimum atomic E-state index is -2.53. The summed E-state index contributed by atoms with van der Waals surface area (Å²) in [4.78, 5) is 17.1. The van der Waals surface area contributed by atoms with E-state index in [0.29, 0.717) is 29.6 Å². The van der Waals surface area contributed by atoms with Gasteiger partial charge in [-0.15, -0.1) is 0 Å². The van der Waals surface area contributed by atoms with Crippen molar-refractivity contribution in [2.45, 2.75) is 45.0 Å². The largest absolute Gasteiger partial charge is 0.309 e. The number of amides is 1. The van der Waals surface area contributed by atoms with Gasteiger partial charge < -0.3 is 5.32 Å². The van der Waals surface area contributed by atoms with Crippen molar-refractivity contribution in [1.82, 2.24) is 10.2 Å². The van der Waals surface area contributed by atoms with Crippen LogP contribution in [0.25, 0.3) is 0 Å². The number of H-pyrrole nitrogens is 1. The van der Waals surface area contributed by atoms with E-state index in [1.54, 1.807) is 13.0 Å². The number of aromatic amines is 1. The van der Waals surface area contributed by atoms with Crippen molar-refractivity contribution in [3.8, 4) is 0 Å². The maximum Gasteiger partial charge on any atom is 0.263 e. The normalized spacial score (nSPS) is 26.2. The molecule has 0 aromatic carbocycles. The van der Waals surface area contributed by atoms with Gasteiger partial charge in [-0.05, 0) is 38.7 Å². The van der Waals surface area contributed by atoms with Crippen LogP contribution in [0.15, 0.2) is 46.6 Å². The first-order valence-corrected chi connectivity index (χ1v) is 9.34. The summed E-state index contributed by atoms with van der Waals surface area (Å²) in [5, 5.41) is 9.91. The van der Waals surface area contributed by atoms with Gasteiger partial charge >= 0.3 is 0 Å². The Morgan fingerprint density at radius 1 is 1.33 bits per heavy atom. The van der Waals surface area contributed by atoms with Crippen molar-refractivity contribution < 1.29 is 13.6 Å². The molecule has 1 aromatic heterocycles. The first kappa shape index (κ1) is 17.8. The number of hydrogen-bond acceptors (Lipinski definition) is 3. The number of nitrogens with one attached hydrogen (secondary N) is 2. The predicted molar refractivity (Wildman–Crippen MR) is 99.8 cm³/mol. The Bertz CT molecular complexity index is 861. The van der Waals surface area contributed by atoms with Crippen LogP contribution in [0, 0.1) is 11.8 Å². The number of aromatic nitrogens is 2. The maximum atomic E-state index is 13.1. The molecular formula is C20H22F2N4O. The number of hydrogen-bond donors (Lipinski definition) is 2. The van der Waals surface area contributed by atoms with Crippen LogP contribution in [0.2, 0.25) is 0 Å². The lowest BCUT2D eigenvalue weighted by atomic mass is 9.93. The molecule has 1 aromatic rings. The lowest BCUT2D eigenvalue weighted by molar-refractivity contribution is -0.118. The van der Waals surface area contributed by atoms with Gasteiger partial charge in [0, 0.05) is 40.6 Å². The van der Waals surface area contributed by atoms with Crippen LogP contribution < -0.4 is 5.32 Å². The molecule has 1 unspecified atom stereocenters. The monoisotopic (exact) mass is 372 g/mol. The molecule has 0 saturated heterocycles. The number of nitrogens with zero attached hydrogens (tertiary/aromatic N) is 2. The van der Waals surface area contributed by atoms with E-state index in [4.69, 9.17) is 0 Å². The number of aliphatic imine (C=N–C) groups is 1. The Morgan fingerprint density at radius 3 is 2.89 bits per heavy atom. The number of anilines is 1. The molecule has 3 aliphatic rings. The summed E-state index contributed by atoms with van der Waals surface area (Å²) in [6.07, 6.45) is 7.89. The Morgan fingerprint density at radius 2 is 2.15 bits per heavy atom. The van der Waals surface area contributed by atoms with Gasteiger partial charge in [0.1, 0.15) is 0 Å². The van der Waals surface area contributed by atoms with Crippen LogP contribution in [0.5, 0.6) is 0 Å². The number of rotatable bonds is 5. The van der Waals surface area contributed by atoms with Gasteiger partial charge in [-0.1, -0.05) is 18.2 Å². The van der Waals surface area contributed by atoms with Gasteiger partial charge in [-0.3, -0.25) is 14.9 Å². The van der Waals surface area contributed by atoms with Crippen LogP contribution in [0.3, 0.4) is 0 Å². The molecule has 1 saturated carbocycles. The second-order valence-electron chi connectivity index (χ2n) is 7.35. The summed E-state index contributed by atoms with van der Waals surface area (Å²) in [6.45, 7) is 1.77. The van der Waals surface area contributed by atoms with Crippen molar-refractivity contribution >= 4 is 17.4 Å². The molecule has 1 aliphatic heterocycles. The third-order valence-electron chi connectivity index (χ3n) is 5.23. The highest BCUT2D eigenvalue weighted by atomic mass is 19.3. The molecule has 2 N–H and O–H groups in total. The fourth-order valence-corrected chi connectivity index (χ4v) is 3.40. The van der Waals surface area contributed by atoms with E-state index >= 15 is 0 Å². The molecule has 4 rings (SSSR count). The molecular weight excluding hydrogens is 350 g/mol. The fraction of sp³-hybridized carbons (Fsp3) is 0.450. The third kappa shape index (κ3) is 3.91. The second kappa shape index (κ2) is 7.21. The van der Waals surface area contributed by atoms with Crippen LogP contribution in [0.1, 0.15) is 44.2 Å². The average Bonchev–Trinajstić information content (AvgIpc) is 3.25. The lowest BCUT2D eigenvalue weighted by Gasteiger charge is -2.11. The predicted octanol–water partition coefficient (Wildman–Crippen LogP) is 4.36. The molecule has 5 nitrogen and oxygen atoms in total. The second-order valence-corrected chi connectivity index (χ2v) is 7.35. The SMILES string of the molecule is C[C@H](C(=O)Nc1cc(C2CC2)[nH]n1)C1=CC2CC/C=C\C(C(F)F)=C/C2=N1. The minimum Gasteiger partial charge on any atom is -0.309 e. The Kier molecular flexibility index (Phi) is 4.76. The molecule has 2 atom stereocenters. The van der Waals surface area contributed by atoms with Crippen molar-refractivity contribution in [1.29, 1.82) is 0 Å². The smallest absolute Gasteiger partial charge is 0.263 e. The number of alkyl halides is 2. The Balaban J connectivity index is 1.47. The highest BCUT2D eigenvalue weighted by molar-refractivity contribution is 6.03. The van der Waals surface area contributed by atoms with E-state index in [-0.39, 0.29) is 17.4 Å². The van der Waals surface area contributed by atoms with Crippen molar-refractivity contribution in [3.05, 3.63) is 47.3 Å². The third-order valence-corrected chi connectivity index (χ3v) is 5.23. The molecule has 0 bridgehead atoms. The Hall–Kier alpha value is -2.57. The van der Waals surface area contributed by atoms with Crippen LogP contribution in [0.4, 0.5) is 14.6 Å². The molecule has 1 fully saturated rings. The van der Waals surface area contributed by atoms with E-state index < -0.39 is 12.3 Å². The van der Waals surface area contributed by atoms with E-state index in [1.807, 2.05) is 12.1 Å². The molecule has 142 valence electrons. The summed E-state index contributed by atoms with van der Waals surface area (Å²) in [5.41, 5.74) is 2.25. The molecule has 27 heavy (non-hydrogen) atoms. The minimum absolute atomic E-state index is 0.0270. The van der Waals surface area contributed by atoms with Crippen LogP contribution in [-0.4, -0.2) is 28.2 Å². The average molecular weight is 372 g/mol. The van der Waals surface area contributed by atoms with Crippen LogP contribution >= 0.6 is 0 Å². The van der Waals surface area contributed by atoms with E-state index in [9.17, 15) is 13.6 Å². The van der Waals surface area contributed by atoms with Gasteiger partial charge in [-0.2, -0.15) is 5.10 Å². The fourth-order valence-electron chi connectivity index (χ4n) is 3.40. The van der Waals surface area contributed by atoms with Gasteiger partial charge in [0.15, 0.2) is 5.82 Å². The van der Waals surface area contributed by atoms with Crippen molar-refractivity contribution in [2.75, 3.05) is 5.32 Å². The first-order valence-electron chi connectivity index (χ1n) is 9.34. The van der Waals surface area contributed by atoms with Gasteiger partial charge in [0.25, 0.3) is 6.43 Å². The topological polar surface area (TPSA) is 70.1 Å². The molecule has 2 aliphatic carbocycles. The van der Waals surface area contributed by atoms with Gasteiger partial charge in [0.2, 0.25) is 5.91 Å². The number of carbonyl (C=O) groups excluding carboxylic acids is 1. The van der Waals surface area contributed by atoms with E-state index in [2.05, 4.69) is 20.5 Å². The van der Waals surface area contributed by atoms with Crippen molar-refractivity contribution in [2.24, 2.45) is 16.8 Å².